The number of hydrogen-bond acceptors (Lipinski definition) is 7. The maximum Gasteiger partial charge on any atom is 0.303 e. The summed E-state index contributed by atoms with van der Waals surface area (Å²) in [6.45, 7) is 12.8. The Labute approximate surface area is 202 Å². The third-order valence-corrected chi connectivity index (χ3v) is 8.37. The Balaban J connectivity index is 1.40. The third-order valence-electron chi connectivity index (χ3n) is 8.18. The van der Waals surface area contributed by atoms with Crippen molar-refractivity contribution in [3.8, 4) is 0 Å². The van der Waals surface area contributed by atoms with E-state index in [0.29, 0.717) is 23.4 Å². The summed E-state index contributed by atoms with van der Waals surface area (Å²) in [5, 5.41) is 12.2. The second-order valence-corrected chi connectivity index (χ2v) is 10.7. The van der Waals surface area contributed by atoms with Gasteiger partial charge in [0, 0.05) is 52.0 Å². The zero-order chi connectivity index (χ0) is 23.8. The third kappa shape index (κ3) is 5.20. The van der Waals surface area contributed by atoms with E-state index >= 15 is 0 Å². The molecule has 1 saturated carbocycles. The number of carbonyl (C=O) groups excluding carboxylic acids is 1. The topological polar surface area (TPSA) is 78.8 Å². The van der Waals surface area contributed by atoms with Crippen molar-refractivity contribution in [2.45, 2.75) is 58.7 Å². The molecule has 182 valence electrons. The largest absolute Gasteiger partial charge is 0.458 e. The number of aromatic nitrogens is 2. The lowest BCUT2D eigenvalue weighted by molar-refractivity contribution is -0.159. The standard InChI is InChI=1S/C25H37ClN4O3/c1-16-11-21-20(6-5-18(3)25(21,32)12-22(16)33-19(4)31)17(2)15-29-7-9-30(10-8-29)24-14-27-23(26)13-28-24/h11,13-14,17-18,20-22,32H,5-10,12,15H2,1-4H3/t17-,18-,20+,21-,22-,25-/m1/s1. The average Bonchev–Trinajstić information content (AvgIpc) is 2.77. The van der Waals surface area contributed by atoms with Gasteiger partial charge in [0.05, 0.1) is 18.0 Å². The molecule has 4 rings (SSSR count). The highest BCUT2D eigenvalue weighted by Crippen LogP contribution is 2.51. The molecule has 2 heterocycles. The van der Waals surface area contributed by atoms with Gasteiger partial charge >= 0.3 is 5.97 Å². The predicted molar refractivity (Wildman–Crippen MR) is 129 cm³/mol. The molecule has 2 aliphatic carbocycles. The molecule has 0 unspecified atom stereocenters. The quantitative estimate of drug-likeness (QED) is 0.514. The molecule has 8 heteroatoms. The van der Waals surface area contributed by atoms with Gasteiger partial charge in [-0.2, -0.15) is 0 Å². The van der Waals surface area contributed by atoms with Gasteiger partial charge in [0.25, 0.3) is 0 Å². The molecular weight excluding hydrogens is 440 g/mol. The molecule has 0 spiro atoms. The molecule has 1 saturated heterocycles. The average molecular weight is 477 g/mol. The number of ether oxygens (including phenoxy) is 1. The Kier molecular flexibility index (Phi) is 7.32. The maximum atomic E-state index is 11.8. The van der Waals surface area contributed by atoms with E-state index in [4.69, 9.17) is 16.3 Å². The van der Waals surface area contributed by atoms with Gasteiger partial charge in [0.1, 0.15) is 17.1 Å². The van der Waals surface area contributed by atoms with Crippen LogP contribution in [0, 0.1) is 23.7 Å². The molecule has 33 heavy (non-hydrogen) atoms. The zero-order valence-corrected chi connectivity index (χ0v) is 21.0. The molecule has 0 radical (unpaired) electrons. The first-order valence-corrected chi connectivity index (χ1v) is 12.6. The fraction of sp³-hybridized carbons (Fsp3) is 0.720. The molecule has 3 aliphatic rings. The number of halogens is 1. The number of fused-ring (bicyclic) bond motifs is 1. The normalized spacial score (nSPS) is 33.8. The molecule has 1 aromatic heterocycles. The number of rotatable bonds is 5. The molecule has 6 atom stereocenters. The van der Waals surface area contributed by atoms with Gasteiger partial charge in [0.15, 0.2) is 0 Å². The molecular formula is C25H37ClN4O3. The lowest BCUT2D eigenvalue weighted by atomic mass is 9.57. The highest BCUT2D eigenvalue weighted by Gasteiger charge is 2.52. The Morgan fingerprint density at radius 3 is 2.64 bits per heavy atom. The smallest absolute Gasteiger partial charge is 0.303 e. The van der Waals surface area contributed by atoms with Gasteiger partial charge in [-0.15, -0.1) is 0 Å². The molecule has 7 nitrogen and oxygen atoms in total. The Morgan fingerprint density at radius 1 is 1.27 bits per heavy atom. The van der Waals surface area contributed by atoms with Crippen molar-refractivity contribution in [3.63, 3.8) is 0 Å². The molecule has 1 aromatic rings. The summed E-state index contributed by atoms with van der Waals surface area (Å²) in [5.74, 6) is 1.77. The van der Waals surface area contributed by atoms with Gasteiger partial charge < -0.3 is 14.7 Å². The van der Waals surface area contributed by atoms with Crippen LogP contribution in [0.1, 0.15) is 47.0 Å². The van der Waals surface area contributed by atoms with Crippen LogP contribution in [0.5, 0.6) is 0 Å². The summed E-state index contributed by atoms with van der Waals surface area (Å²) in [6, 6.07) is 0. The van der Waals surface area contributed by atoms with Crippen LogP contribution in [0.2, 0.25) is 5.15 Å². The first kappa shape index (κ1) is 24.4. The lowest BCUT2D eigenvalue weighted by Gasteiger charge is -2.53. The summed E-state index contributed by atoms with van der Waals surface area (Å²) in [6.07, 6.45) is 7.87. The first-order valence-electron chi connectivity index (χ1n) is 12.2. The lowest BCUT2D eigenvalue weighted by Crippen LogP contribution is -2.56. The molecule has 0 amide bonds. The van der Waals surface area contributed by atoms with E-state index in [-0.39, 0.29) is 23.9 Å². The number of nitrogens with zero attached hydrogens (tertiary/aromatic N) is 4. The fourth-order valence-corrected chi connectivity index (χ4v) is 6.27. The van der Waals surface area contributed by atoms with Gasteiger partial charge in [0.2, 0.25) is 0 Å². The Hall–Kier alpha value is -1.70. The predicted octanol–water partition coefficient (Wildman–Crippen LogP) is 3.56. The number of aliphatic hydroxyl groups is 1. The van der Waals surface area contributed by atoms with E-state index in [9.17, 15) is 9.90 Å². The zero-order valence-electron chi connectivity index (χ0n) is 20.2. The maximum absolute atomic E-state index is 11.8. The molecule has 1 aliphatic heterocycles. The Morgan fingerprint density at radius 2 is 2.00 bits per heavy atom. The van der Waals surface area contributed by atoms with Crippen LogP contribution in [0.15, 0.2) is 24.0 Å². The minimum absolute atomic E-state index is 0.105. The van der Waals surface area contributed by atoms with E-state index in [1.165, 1.54) is 6.92 Å². The van der Waals surface area contributed by atoms with Crippen molar-refractivity contribution in [3.05, 3.63) is 29.2 Å². The highest BCUT2D eigenvalue weighted by atomic mass is 35.5. The summed E-state index contributed by atoms with van der Waals surface area (Å²) in [7, 11) is 0. The minimum Gasteiger partial charge on any atom is -0.458 e. The van der Waals surface area contributed by atoms with E-state index in [0.717, 1.165) is 57.0 Å². The van der Waals surface area contributed by atoms with Crippen LogP contribution in [0.3, 0.4) is 0 Å². The van der Waals surface area contributed by atoms with Gasteiger partial charge in [-0.25, -0.2) is 9.97 Å². The van der Waals surface area contributed by atoms with Crippen molar-refractivity contribution in [1.29, 1.82) is 0 Å². The van der Waals surface area contributed by atoms with Crippen LogP contribution < -0.4 is 4.90 Å². The van der Waals surface area contributed by atoms with Crippen molar-refractivity contribution in [2.75, 3.05) is 37.6 Å². The number of anilines is 1. The van der Waals surface area contributed by atoms with Crippen LogP contribution in [-0.4, -0.2) is 70.4 Å². The molecule has 0 bridgehead atoms. The number of hydrogen-bond donors (Lipinski definition) is 1. The van der Waals surface area contributed by atoms with Crippen molar-refractivity contribution >= 4 is 23.4 Å². The molecule has 2 fully saturated rings. The number of carbonyl (C=O) groups is 1. The fourth-order valence-electron chi connectivity index (χ4n) is 6.17. The molecule has 1 N–H and O–H groups in total. The van der Waals surface area contributed by atoms with E-state index in [1.807, 2.05) is 6.92 Å². The summed E-state index contributed by atoms with van der Waals surface area (Å²) in [4.78, 5) is 24.9. The second-order valence-electron chi connectivity index (χ2n) is 10.3. The Bertz CT molecular complexity index is 871. The van der Waals surface area contributed by atoms with E-state index in [2.05, 4.69) is 39.7 Å². The number of esters is 1. The van der Waals surface area contributed by atoms with E-state index < -0.39 is 5.60 Å². The van der Waals surface area contributed by atoms with Gasteiger partial charge in [-0.3, -0.25) is 9.69 Å². The summed E-state index contributed by atoms with van der Waals surface area (Å²) in [5.41, 5.74) is 0.256. The van der Waals surface area contributed by atoms with Gasteiger partial charge in [-0.05, 0) is 43.1 Å². The first-order chi connectivity index (χ1) is 15.7. The second kappa shape index (κ2) is 9.88. The highest BCUT2D eigenvalue weighted by molar-refractivity contribution is 6.29. The van der Waals surface area contributed by atoms with Crippen LogP contribution in [0.25, 0.3) is 0 Å². The SMILES string of the molecule is CC(=O)O[C@@H]1C[C@@]2(O)[C@H](C)CC[C@@H]([C@H](C)CN3CCN(c4cnc(Cl)cn4)CC3)[C@H]2C=C1C. The van der Waals surface area contributed by atoms with Crippen molar-refractivity contribution in [2.24, 2.45) is 23.7 Å². The summed E-state index contributed by atoms with van der Waals surface area (Å²) < 4.78 is 5.54. The van der Waals surface area contributed by atoms with Crippen molar-refractivity contribution < 1.29 is 14.6 Å². The summed E-state index contributed by atoms with van der Waals surface area (Å²) >= 11 is 5.87. The van der Waals surface area contributed by atoms with Crippen LogP contribution >= 0.6 is 11.6 Å². The van der Waals surface area contributed by atoms with Crippen molar-refractivity contribution in [1.82, 2.24) is 14.9 Å². The monoisotopic (exact) mass is 476 g/mol. The van der Waals surface area contributed by atoms with E-state index in [1.54, 1.807) is 12.4 Å². The minimum atomic E-state index is -0.817. The van der Waals surface area contributed by atoms with Gasteiger partial charge in [-0.1, -0.05) is 31.5 Å². The van der Waals surface area contributed by atoms with Crippen LogP contribution in [0.4, 0.5) is 5.82 Å². The molecule has 0 aromatic carbocycles. The number of piperazine rings is 1. The van der Waals surface area contributed by atoms with Crippen LogP contribution in [-0.2, 0) is 9.53 Å².